The minimum Gasteiger partial charge on any atom is -0.338 e. The van der Waals surface area contributed by atoms with Crippen LogP contribution >= 0.6 is 0 Å². The molecule has 2 amide bonds. The van der Waals surface area contributed by atoms with Gasteiger partial charge in [0.05, 0.1) is 12.5 Å². The van der Waals surface area contributed by atoms with Crippen molar-refractivity contribution in [1.29, 1.82) is 5.26 Å². The molecule has 0 atom stereocenters. The van der Waals surface area contributed by atoms with E-state index >= 15 is 0 Å². The predicted octanol–water partition coefficient (Wildman–Crippen LogP) is 0.219. The van der Waals surface area contributed by atoms with Crippen LogP contribution < -0.4 is 10.6 Å². The van der Waals surface area contributed by atoms with E-state index in [2.05, 4.69) is 10.6 Å². The van der Waals surface area contributed by atoms with Crippen LogP contribution in [0.15, 0.2) is 0 Å². The Hall–Kier alpha value is -1.24. The maximum Gasteiger partial charge on any atom is 0.314 e. The van der Waals surface area contributed by atoms with Crippen LogP contribution in [0.1, 0.15) is 13.3 Å². The summed E-state index contributed by atoms with van der Waals surface area (Å²) in [6.07, 6.45) is 0.358. The second-order valence-electron chi connectivity index (χ2n) is 1.69. The number of carbonyl (C=O) groups is 1. The highest BCUT2D eigenvalue weighted by molar-refractivity contribution is 5.73. The van der Waals surface area contributed by atoms with Crippen LogP contribution in [0.5, 0.6) is 0 Å². The lowest BCUT2D eigenvalue weighted by Crippen LogP contribution is -2.35. The van der Waals surface area contributed by atoms with Crippen molar-refractivity contribution in [2.24, 2.45) is 0 Å². The molecule has 0 fully saturated rings. The number of rotatable bonds is 3. The first-order valence-electron chi connectivity index (χ1n) is 3.20. The summed E-state index contributed by atoms with van der Waals surface area (Å²) >= 11 is 0. The average molecular weight is 141 g/mol. The van der Waals surface area contributed by atoms with E-state index in [0.29, 0.717) is 19.5 Å². The number of nitrogens with zero attached hydrogens (tertiary/aromatic N) is 1. The van der Waals surface area contributed by atoms with Gasteiger partial charge in [-0.2, -0.15) is 5.26 Å². The van der Waals surface area contributed by atoms with E-state index in [0.717, 1.165) is 0 Å². The van der Waals surface area contributed by atoms with Crippen LogP contribution in [0, 0.1) is 11.3 Å². The molecule has 0 saturated heterocycles. The van der Waals surface area contributed by atoms with E-state index in [1.165, 1.54) is 0 Å². The van der Waals surface area contributed by atoms with E-state index < -0.39 is 0 Å². The topological polar surface area (TPSA) is 64.9 Å². The van der Waals surface area contributed by atoms with Gasteiger partial charge in [0, 0.05) is 13.1 Å². The van der Waals surface area contributed by atoms with Crippen LogP contribution in [-0.4, -0.2) is 19.1 Å². The summed E-state index contributed by atoms with van der Waals surface area (Å²) in [5.41, 5.74) is 0. The third kappa shape index (κ3) is 4.91. The number of nitrogens with one attached hydrogen (secondary N) is 2. The van der Waals surface area contributed by atoms with Crippen molar-refractivity contribution in [2.45, 2.75) is 13.3 Å². The van der Waals surface area contributed by atoms with Gasteiger partial charge in [-0.3, -0.25) is 0 Å². The number of carbonyl (C=O) groups excluding carboxylic acids is 1. The van der Waals surface area contributed by atoms with Gasteiger partial charge in [0.1, 0.15) is 0 Å². The molecule has 0 aliphatic carbocycles. The highest BCUT2D eigenvalue weighted by Crippen LogP contribution is 1.70. The molecule has 4 nitrogen and oxygen atoms in total. The smallest absolute Gasteiger partial charge is 0.314 e. The van der Waals surface area contributed by atoms with Crippen molar-refractivity contribution in [1.82, 2.24) is 10.6 Å². The molecule has 10 heavy (non-hydrogen) atoms. The third-order valence-corrected chi connectivity index (χ3v) is 0.860. The lowest BCUT2D eigenvalue weighted by molar-refractivity contribution is 0.241. The van der Waals surface area contributed by atoms with Crippen LogP contribution in [0.2, 0.25) is 0 Å². The lowest BCUT2D eigenvalue weighted by Gasteiger charge is -2.01. The fraction of sp³-hybridized carbons (Fsp3) is 0.667. The number of hydrogen-bond acceptors (Lipinski definition) is 2. The third-order valence-electron chi connectivity index (χ3n) is 0.860. The molecule has 56 valence electrons. The van der Waals surface area contributed by atoms with Gasteiger partial charge in [-0.15, -0.1) is 0 Å². The van der Waals surface area contributed by atoms with E-state index in [-0.39, 0.29) is 6.03 Å². The van der Waals surface area contributed by atoms with Gasteiger partial charge in [0.25, 0.3) is 0 Å². The van der Waals surface area contributed by atoms with Crippen LogP contribution in [0.25, 0.3) is 0 Å². The quantitative estimate of drug-likeness (QED) is 0.552. The van der Waals surface area contributed by atoms with Gasteiger partial charge in [-0.25, -0.2) is 4.79 Å². The Bertz CT molecular complexity index is 138. The highest BCUT2D eigenvalue weighted by atomic mass is 16.2. The first kappa shape index (κ1) is 8.76. The first-order chi connectivity index (χ1) is 4.81. The first-order valence-corrected chi connectivity index (χ1v) is 3.20. The minimum absolute atomic E-state index is 0.210. The van der Waals surface area contributed by atoms with Crippen LogP contribution in [0.4, 0.5) is 4.79 Å². The number of hydrogen-bond donors (Lipinski definition) is 2. The lowest BCUT2D eigenvalue weighted by atomic mass is 10.5. The molecule has 0 unspecified atom stereocenters. The van der Waals surface area contributed by atoms with Gasteiger partial charge in [-0.1, -0.05) is 0 Å². The summed E-state index contributed by atoms with van der Waals surface area (Å²) < 4.78 is 0. The Kier molecular flexibility index (Phi) is 5.16. The summed E-state index contributed by atoms with van der Waals surface area (Å²) in [5, 5.41) is 13.1. The van der Waals surface area contributed by atoms with Gasteiger partial charge >= 0.3 is 6.03 Å². The van der Waals surface area contributed by atoms with Gasteiger partial charge in [0.15, 0.2) is 0 Å². The van der Waals surface area contributed by atoms with Gasteiger partial charge < -0.3 is 10.6 Å². The number of nitriles is 1. The molecule has 0 aromatic heterocycles. The highest BCUT2D eigenvalue weighted by Gasteiger charge is 1.93. The van der Waals surface area contributed by atoms with E-state index in [1.807, 2.05) is 13.0 Å². The zero-order valence-electron chi connectivity index (χ0n) is 5.98. The molecule has 0 spiro atoms. The fourth-order valence-corrected chi connectivity index (χ4v) is 0.455. The second kappa shape index (κ2) is 5.89. The standard InChI is InChI=1S/C6H11N3O/c1-2-8-6(10)9-5-3-4-7/h2-3,5H2,1H3,(H2,8,9,10). The van der Waals surface area contributed by atoms with Gasteiger partial charge in [-0.05, 0) is 6.92 Å². The SMILES string of the molecule is CCNC(=O)NCCC#N. The molecular weight excluding hydrogens is 130 g/mol. The monoisotopic (exact) mass is 141 g/mol. The predicted molar refractivity (Wildman–Crippen MR) is 37.3 cm³/mol. The summed E-state index contributed by atoms with van der Waals surface area (Å²) in [7, 11) is 0. The molecule has 0 aliphatic rings. The Balaban J connectivity index is 3.15. The van der Waals surface area contributed by atoms with Crippen molar-refractivity contribution in [3.63, 3.8) is 0 Å². The van der Waals surface area contributed by atoms with Crippen molar-refractivity contribution in [2.75, 3.05) is 13.1 Å². The molecule has 0 aliphatic heterocycles. The van der Waals surface area contributed by atoms with Crippen molar-refractivity contribution in [3.8, 4) is 6.07 Å². The molecule has 0 radical (unpaired) electrons. The summed E-state index contributed by atoms with van der Waals surface area (Å²) in [4.78, 5) is 10.6. The van der Waals surface area contributed by atoms with E-state index in [1.54, 1.807) is 0 Å². The average Bonchev–Trinajstić information content (AvgIpc) is 1.89. The van der Waals surface area contributed by atoms with Gasteiger partial charge in [0.2, 0.25) is 0 Å². The fourth-order valence-electron chi connectivity index (χ4n) is 0.455. The Labute approximate surface area is 60.2 Å². The molecule has 0 rings (SSSR count). The summed E-state index contributed by atoms with van der Waals surface area (Å²) in [5.74, 6) is 0. The summed E-state index contributed by atoms with van der Waals surface area (Å²) in [6.45, 7) is 2.87. The van der Waals surface area contributed by atoms with Crippen LogP contribution in [-0.2, 0) is 0 Å². The molecule has 0 heterocycles. The normalized spacial score (nSPS) is 8.00. The van der Waals surface area contributed by atoms with Crippen LogP contribution in [0.3, 0.4) is 0 Å². The zero-order valence-corrected chi connectivity index (χ0v) is 5.98. The van der Waals surface area contributed by atoms with Crippen molar-refractivity contribution < 1.29 is 4.79 Å². The Morgan fingerprint density at radius 1 is 1.60 bits per heavy atom. The molecule has 0 aromatic carbocycles. The van der Waals surface area contributed by atoms with Crippen molar-refractivity contribution >= 4 is 6.03 Å². The number of amides is 2. The van der Waals surface area contributed by atoms with Crippen molar-refractivity contribution in [3.05, 3.63) is 0 Å². The summed E-state index contributed by atoms with van der Waals surface area (Å²) in [6, 6.07) is 1.71. The second-order valence-corrected chi connectivity index (χ2v) is 1.69. The zero-order chi connectivity index (χ0) is 7.82. The molecule has 0 aromatic rings. The molecule has 0 saturated carbocycles. The minimum atomic E-state index is -0.210. The Morgan fingerprint density at radius 2 is 2.30 bits per heavy atom. The maximum atomic E-state index is 10.6. The molecule has 0 bridgehead atoms. The molecular formula is C6H11N3O. The maximum absolute atomic E-state index is 10.6. The number of urea groups is 1. The Morgan fingerprint density at radius 3 is 2.80 bits per heavy atom. The van der Waals surface area contributed by atoms with E-state index in [4.69, 9.17) is 5.26 Å². The molecule has 4 heteroatoms. The largest absolute Gasteiger partial charge is 0.338 e. The molecule has 2 N–H and O–H groups in total. The van der Waals surface area contributed by atoms with E-state index in [9.17, 15) is 4.79 Å².